The second kappa shape index (κ2) is 7.20. The molecule has 0 saturated heterocycles. The molecule has 18 heavy (non-hydrogen) atoms. The van der Waals surface area contributed by atoms with E-state index in [1.807, 2.05) is 13.8 Å². The summed E-state index contributed by atoms with van der Waals surface area (Å²) in [7, 11) is 0. The summed E-state index contributed by atoms with van der Waals surface area (Å²) in [6.07, 6.45) is 0.779. The number of aliphatic carboxylic acids is 1. The first-order valence-electron chi connectivity index (χ1n) is 6.21. The first-order chi connectivity index (χ1) is 8.28. The molecule has 1 unspecified atom stereocenters. The molecule has 2 amide bonds. The molecule has 0 heterocycles. The summed E-state index contributed by atoms with van der Waals surface area (Å²) in [6.45, 7) is 7.29. The number of aliphatic hydroxyl groups is 1. The van der Waals surface area contributed by atoms with Crippen molar-refractivity contribution in [2.24, 2.45) is 0 Å². The molecule has 0 rings (SSSR count). The minimum Gasteiger partial charge on any atom is -0.480 e. The van der Waals surface area contributed by atoms with E-state index in [1.165, 1.54) is 11.8 Å². The molecule has 0 spiro atoms. The highest BCUT2D eigenvalue weighted by Gasteiger charge is 2.34. The number of rotatable bonds is 7. The summed E-state index contributed by atoms with van der Waals surface area (Å²) in [5.41, 5.74) is -1.26. The van der Waals surface area contributed by atoms with Crippen molar-refractivity contribution in [2.75, 3.05) is 13.2 Å². The van der Waals surface area contributed by atoms with Crippen molar-refractivity contribution in [3.05, 3.63) is 0 Å². The average Bonchev–Trinajstić information content (AvgIpc) is 2.28. The smallest absolute Gasteiger partial charge is 0.329 e. The van der Waals surface area contributed by atoms with Gasteiger partial charge in [0.1, 0.15) is 5.54 Å². The lowest BCUT2D eigenvalue weighted by Crippen LogP contribution is -2.57. The van der Waals surface area contributed by atoms with Crippen LogP contribution >= 0.6 is 0 Å². The molecule has 0 aromatic heterocycles. The molecule has 0 radical (unpaired) electrons. The van der Waals surface area contributed by atoms with E-state index in [1.54, 1.807) is 6.92 Å². The quantitative estimate of drug-likeness (QED) is 0.638. The fraction of sp³-hybridized carbons (Fsp3) is 0.833. The van der Waals surface area contributed by atoms with Gasteiger partial charge in [-0.15, -0.1) is 0 Å². The van der Waals surface area contributed by atoms with Gasteiger partial charge < -0.3 is 20.4 Å². The lowest BCUT2D eigenvalue weighted by Gasteiger charge is -2.32. The topological polar surface area (TPSA) is 89.9 Å². The third kappa shape index (κ3) is 4.52. The molecule has 1 atom stereocenters. The number of carbonyl (C=O) groups is 2. The summed E-state index contributed by atoms with van der Waals surface area (Å²) >= 11 is 0. The van der Waals surface area contributed by atoms with Crippen molar-refractivity contribution < 1.29 is 19.8 Å². The lowest BCUT2D eigenvalue weighted by molar-refractivity contribution is -0.143. The van der Waals surface area contributed by atoms with E-state index in [0.717, 1.165) is 0 Å². The van der Waals surface area contributed by atoms with Crippen LogP contribution in [0, 0.1) is 0 Å². The van der Waals surface area contributed by atoms with Crippen molar-refractivity contribution >= 4 is 12.0 Å². The molecule has 6 nitrogen and oxygen atoms in total. The number of aliphatic hydroxyl groups excluding tert-OH is 1. The van der Waals surface area contributed by atoms with Gasteiger partial charge >= 0.3 is 12.0 Å². The lowest BCUT2D eigenvalue weighted by atomic mass is 9.99. The summed E-state index contributed by atoms with van der Waals surface area (Å²) < 4.78 is 0. The molecule has 0 bridgehead atoms. The van der Waals surface area contributed by atoms with Gasteiger partial charge in [-0.1, -0.05) is 6.92 Å². The highest BCUT2D eigenvalue weighted by atomic mass is 16.4. The molecular weight excluding hydrogens is 236 g/mol. The van der Waals surface area contributed by atoms with Crippen LogP contribution in [0.5, 0.6) is 0 Å². The SMILES string of the molecule is CCC(C)(NC(=O)N(CCCO)C(C)C)C(=O)O. The highest BCUT2D eigenvalue weighted by molar-refractivity contribution is 5.85. The van der Waals surface area contributed by atoms with Crippen LogP contribution in [0.4, 0.5) is 4.79 Å². The molecule has 3 N–H and O–H groups in total. The maximum Gasteiger partial charge on any atom is 0.329 e. The summed E-state index contributed by atoms with van der Waals surface area (Å²) in [5.74, 6) is -1.05. The second-order valence-electron chi connectivity index (χ2n) is 4.79. The molecule has 0 aliphatic rings. The normalized spacial score (nSPS) is 14.1. The number of nitrogens with one attached hydrogen (secondary N) is 1. The van der Waals surface area contributed by atoms with Crippen molar-refractivity contribution in [1.82, 2.24) is 10.2 Å². The number of carboxylic acids is 1. The zero-order valence-corrected chi connectivity index (χ0v) is 11.6. The van der Waals surface area contributed by atoms with Crippen LogP contribution in [0.2, 0.25) is 0 Å². The minimum atomic E-state index is -1.26. The Morgan fingerprint density at radius 1 is 1.39 bits per heavy atom. The van der Waals surface area contributed by atoms with E-state index in [2.05, 4.69) is 5.32 Å². The maximum atomic E-state index is 12.0. The van der Waals surface area contributed by atoms with Crippen molar-refractivity contribution in [1.29, 1.82) is 0 Å². The van der Waals surface area contributed by atoms with Gasteiger partial charge in [0, 0.05) is 19.2 Å². The molecule has 0 aliphatic heterocycles. The Morgan fingerprint density at radius 2 is 1.94 bits per heavy atom. The van der Waals surface area contributed by atoms with Gasteiger partial charge in [-0.25, -0.2) is 9.59 Å². The fourth-order valence-corrected chi connectivity index (χ4v) is 1.44. The maximum absolute atomic E-state index is 12.0. The zero-order chi connectivity index (χ0) is 14.3. The molecule has 0 aromatic carbocycles. The Morgan fingerprint density at radius 3 is 2.28 bits per heavy atom. The molecule has 0 aliphatic carbocycles. The van der Waals surface area contributed by atoms with E-state index in [4.69, 9.17) is 10.2 Å². The van der Waals surface area contributed by atoms with Crippen LogP contribution in [-0.2, 0) is 4.79 Å². The Bertz CT molecular complexity index is 294. The second-order valence-corrected chi connectivity index (χ2v) is 4.79. The van der Waals surface area contributed by atoms with E-state index in [0.29, 0.717) is 19.4 Å². The molecule has 0 aromatic rings. The number of amides is 2. The monoisotopic (exact) mass is 260 g/mol. The summed E-state index contributed by atoms with van der Waals surface area (Å²) in [6, 6.07) is -0.461. The number of carboxylic acid groups (broad SMARTS) is 1. The summed E-state index contributed by atoms with van der Waals surface area (Å²) in [5, 5.41) is 20.4. The van der Waals surface area contributed by atoms with Crippen molar-refractivity contribution in [3.8, 4) is 0 Å². The zero-order valence-electron chi connectivity index (χ0n) is 11.6. The van der Waals surface area contributed by atoms with Gasteiger partial charge in [-0.05, 0) is 33.6 Å². The van der Waals surface area contributed by atoms with Gasteiger partial charge in [0.25, 0.3) is 0 Å². The Balaban J connectivity index is 4.73. The van der Waals surface area contributed by atoms with Crippen LogP contribution in [0.25, 0.3) is 0 Å². The molecular formula is C12H24N2O4. The largest absolute Gasteiger partial charge is 0.480 e. The van der Waals surface area contributed by atoms with Gasteiger partial charge in [0.15, 0.2) is 0 Å². The van der Waals surface area contributed by atoms with Crippen molar-refractivity contribution in [2.45, 2.75) is 52.1 Å². The molecule has 0 fully saturated rings. The van der Waals surface area contributed by atoms with E-state index in [-0.39, 0.29) is 12.6 Å². The van der Waals surface area contributed by atoms with Gasteiger partial charge in [-0.2, -0.15) is 0 Å². The van der Waals surface area contributed by atoms with Crippen molar-refractivity contribution in [3.63, 3.8) is 0 Å². The van der Waals surface area contributed by atoms with E-state index >= 15 is 0 Å². The van der Waals surface area contributed by atoms with E-state index in [9.17, 15) is 9.59 Å². The number of nitrogens with zero attached hydrogens (tertiary/aromatic N) is 1. The predicted molar refractivity (Wildman–Crippen MR) is 68.4 cm³/mol. The number of hydrogen-bond acceptors (Lipinski definition) is 3. The van der Waals surface area contributed by atoms with Crippen LogP contribution in [-0.4, -0.2) is 51.8 Å². The van der Waals surface area contributed by atoms with Crippen LogP contribution < -0.4 is 5.32 Å². The minimum absolute atomic E-state index is 0.000472. The Hall–Kier alpha value is -1.30. The number of urea groups is 1. The fourth-order valence-electron chi connectivity index (χ4n) is 1.44. The summed E-state index contributed by atoms with van der Waals surface area (Å²) in [4.78, 5) is 24.7. The third-order valence-corrected chi connectivity index (χ3v) is 3.00. The Labute approximate surface area is 108 Å². The van der Waals surface area contributed by atoms with Crippen LogP contribution in [0.3, 0.4) is 0 Å². The van der Waals surface area contributed by atoms with Gasteiger partial charge in [0.2, 0.25) is 0 Å². The standard InChI is InChI=1S/C12H24N2O4/c1-5-12(4,10(16)17)13-11(18)14(9(2)3)7-6-8-15/h9,15H,5-8H2,1-4H3,(H,13,18)(H,16,17). The van der Waals surface area contributed by atoms with Gasteiger partial charge in [-0.3, -0.25) is 0 Å². The van der Waals surface area contributed by atoms with Crippen LogP contribution in [0.15, 0.2) is 0 Å². The van der Waals surface area contributed by atoms with Crippen LogP contribution in [0.1, 0.15) is 40.5 Å². The molecule has 106 valence electrons. The van der Waals surface area contributed by atoms with Gasteiger partial charge in [0.05, 0.1) is 0 Å². The first kappa shape index (κ1) is 16.7. The first-order valence-corrected chi connectivity index (χ1v) is 6.21. The third-order valence-electron chi connectivity index (χ3n) is 3.00. The number of hydrogen-bond donors (Lipinski definition) is 3. The number of carbonyl (C=O) groups excluding carboxylic acids is 1. The van der Waals surface area contributed by atoms with E-state index < -0.39 is 17.5 Å². The molecule has 6 heteroatoms. The predicted octanol–water partition coefficient (Wildman–Crippen LogP) is 1.04. The average molecular weight is 260 g/mol. The molecule has 0 saturated carbocycles. The highest BCUT2D eigenvalue weighted by Crippen LogP contribution is 2.11. The Kier molecular flexibility index (Phi) is 6.68.